The molecule has 0 spiro atoms. The van der Waals surface area contributed by atoms with Crippen LogP contribution in [0.3, 0.4) is 0 Å². The third-order valence-electron chi connectivity index (χ3n) is 3.84. The molecule has 1 N–H and O–H groups in total. The Morgan fingerprint density at radius 3 is 2.50 bits per heavy atom. The van der Waals surface area contributed by atoms with Gasteiger partial charge in [-0.2, -0.15) is 0 Å². The van der Waals surface area contributed by atoms with Crippen molar-refractivity contribution < 1.29 is 8.42 Å². The van der Waals surface area contributed by atoms with Gasteiger partial charge in [0, 0.05) is 6.04 Å². The third kappa shape index (κ3) is 3.93. The lowest BCUT2D eigenvalue weighted by Gasteiger charge is -2.28. The van der Waals surface area contributed by atoms with Crippen molar-refractivity contribution in [2.24, 2.45) is 5.92 Å². The van der Waals surface area contributed by atoms with E-state index < -0.39 is 10.0 Å². The monoisotopic (exact) mass is 336 g/mol. The molecule has 0 saturated heterocycles. The van der Waals surface area contributed by atoms with Crippen LogP contribution in [0.2, 0.25) is 4.47 Å². The second-order valence-electron chi connectivity index (χ2n) is 5.47. The van der Waals surface area contributed by atoms with Crippen LogP contribution < -0.4 is 4.72 Å². The SMILES string of the molecule is CCCC1CCC(NS(=O)(=O)c2sc(Cl)nc2C)CC1. The molecule has 1 heterocycles. The van der Waals surface area contributed by atoms with Crippen molar-refractivity contribution in [3.63, 3.8) is 0 Å². The minimum absolute atomic E-state index is 0.0494. The van der Waals surface area contributed by atoms with Crippen LogP contribution in [0.15, 0.2) is 4.21 Å². The number of sulfonamides is 1. The Morgan fingerprint density at radius 1 is 1.35 bits per heavy atom. The lowest BCUT2D eigenvalue weighted by molar-refractivity contribution is 0.297. The molecule has 4 nitrogen and oxygen atoms in total. The quantitative estimate of drug-likeness (QED) is 0.891. The predicted octanol–water partition coefficient (Wildman–Crippen LogP) is 3.74. The summed E-state index contributed by atoms with van der Waals surface area (Å²) < 4.78 is 28.0. The fourth-order valence-corrected chi connectivity index (χ4v) is 5.91. The molecule has 20 heavy (non-hydrogen) atoms. The van der Waals surface area contributed by atoms with E-state index in [1.807, 2.05) is 0 Å². The van der Waals surface area contributed by atoms with Gasteiger partial charge in [-0.05, 0) is 38.5 Å². The van der Waals surface area contributed by atoms with Gasteiger partial charge in [-0.25, -0.2) is 18.1 Å². The maximum absolute atomic E-state index is 12.3. The highest BCUT2D eigenvalue weighted by atomic mass is 35.5. The Kier molecular flexibility index (Phi) is 5.45. The van der Waals surface area contributed by atoms with Crippen molar-refractivity contribution in [2.45, 2.75) is 62.6 Å². The first-order valence-corrected chi connectivity index (χ1v) is 9.75. The number of nitrogens with one attached hydrogen (secondary N) is 1. The zero-order chi connectivity index (χ0) is 14.8. The summed E-state index contributed by atoms with van der Waals surface area (Å²) in [5.41, 5.74) is 0.479. The molecule has 0 unspecified atom stereocenters. The predicted molar refractivity (Wildman–Crippen MR) is 82.8 cm³/mol. The summed E-state index contributed by atoms with van der Waals surface area (Å²) in [5.74, 6) is 0.764. The van der Waals surface area contributed by atoms with Gasteiger partial charge in [0.1, 0.15) is 0 Å². The molecule has 7 heteroatoms. The van der Waals surface area contributed by atoms with Crippen molar-refractivity contribution in [1.29, 1.82) is 0 Å². The molecule has 0 aliphatic heterocycles. The lowest BCUT2D eigenvalue weighted by atomic mass is 9.84. The standard InChI is InChI=1S/C13H21ClN2O2S2/c1-3-4-10-5-7-11(8-6-10)16-20(17,18)12-9(2)15-13(14)19-12/h10-11,16H,3-8H2,1-2H3. The van der Waals surface area contributed by atoms with Crippen molar-refractivity contribution in [2.75, 3.05) is 0 Å². The topological polar surface area (TPSA) is 59.1 Å². The molecule has 0 atom stereocenters. The molecule has 1 saturated carbocycles. The van der Waals surface area contributed by atoms with E-state index in [1.165, 1.54) is 12.8 Å². The smallest absolute Gasteiger partial charge is 0.229 e. The molecule has 1 fully saturated rings. The molecule has 1 aliphatic rings. The molecule has 1 aromatic rings. The normalized spacial score (nSPS) is 23.9. The van der Waals surface area contributed by atoms with Crippen LogP contribution in [0, 0.1) is 12.8 Å². The van der Waals surface area contributed by atoms with Crippen LogP contribution in [-0.2, 0) is 10.0 Å². The summed E-state index contributed by atoms with van der Waals surface area (Å²) in [6.07, 6.45) is 6.54. The van der Waals surface area contributed by atoms with Crippen molar-refractivity contribution in [1.82, 2.24) is 9.71 Å². The number of rotatable bonds is 5. The number of hydrogen-bond acceptors (Lipinski definition) is 4. The summed E-state index contributed by atoms with van der Waals surface area (Å²) >= 11 is 6.81. The Balaban J connectivity index is 1.98. The first kappa shape index (κ1) is 16.2. The number of halogens is 1. The average molecular weight is 337 g/mol. The van der Waals surface area contributed by atoms with E-state index in [2.05, 4.69) is 16.6 Å². The Hall–Kier alpha value is -0.170. The molecule has 114 valence electrons. The van der Waals surface area contributed by atoms with Crippen LogP contribution in [0.4, 0.5) is 0 Å². The molecule has 0 radical (unpaired) electrons. The number of thiazole rings is 1. The Bertz CT molecular complexity index is 549. The van der Waals surface area contributed by atoms with E-state index in [4.69, 9.17) is 11.6 Å². The van der Waals surface area contributed by atoms with Crippen molar-refractivity contribution in [3.05, 3.63) is 10.2 Å². The highest BCUT2D eigenvalue weighted by Gasteiger charge is 2.28. The van der Waals surface area contributed by atoms with Crippen LogP contribution in [0.1, 0.15) is 51.1 Å². The van der Waals surface area contributed by atoms with E-state index in [-0.39, 0.29) is 14.7 Å². The molecular weight excluding hydrogens is 316 g/mol. The van der Waals surface area contributed by atoms with Gasteiger partial charge in [0.25, 0.3) is 10.0 Å². The zero-order valence-electron chi connectivity index (χ0n) is 11.9. The van der Waals surface area contributed by atoms with Gasteiger partial charge >= 0.3 is 0 Å². The minimum atomic E-state index is -3.48. The summed E-state index contributed by atoms with van der Waals surface area (Å²) in [4.78, 5) is 3.97. The van der Waals surface area contributed by atoms with Gasteiger partial charge in [-0.3, -0.25) is 0 Å². The van der Waals surface area contributed by atoms with Crippen molar-refractivity contribution in [3.8, 4) is 0 Å². The molecular formula is C13H21ClN2O2S2. The summed E-state index contributed by atoms with van der Waals surface area (Å²) in [5, 5.41) is 0. The zero-order valence-corrected chi connectivity index (χ0v) is 14.2. The second-order valence-corrected chi connectivity index (χ2v) is 8.96. The van der Waals surface area contributed by atoms with Crippen molar-refractivity contribution >= 4 is 33.0 Å². The van der Waals surface area contributed by atoms with Crippen LogP contribution >= 0.6 is 22.9 Å². The summed E-state index contributed by atoms with van der Waals surface area (Å²) in [6, 6.07) is 0.0494. The van der Waals surface area contributed by atoms with Crippen LogP contribution in [0.25, 0.3) is 0 Å². The van der Waals surface area contributed by atoms with Crippen LogP contribution in [0.5, 0.6) is 0 Å². The second kappa shape index (κ2) is 6.73. The number of aryl methyl sites for hydroxylation is 1. The first-order chi connectivity index (χ1) is 9.42. The number of aromatic nitrogens is 1. The van der Waals surface area contributed by atoms with Gasteiger partial charge in [-0.1, -0.05) is 42.7 Å². The molecule has 2 rings (SSSR count). The molecule has 1 aliphatic carbocycles. The van der Waals surface area contributed by atoms with Crippen LogP contribution in [-0.4, -0.2) is 19.4 Å². The Morgan fingerprint density at radius 2 is 2.00 bits per heavy atom. The highest BCUT2D eigenvalue weighted by Crippen LogP contribution is 2.30. The largest absolute Gasteiger partial charge is 0.252 e. The molecule has 0 bridgehead atoms. The Labute approximate surface area is 130 Å². The van der Waals surface area contributed by atoms with Gasteiger partial charge < -0.3 is 0 Å². The van der Waals surface area contributed by atoms with E-state index in [0.29, 0.717) is 5.69 Å². The summed E-state index contributed by atoms with van der Waals surface area (Å²) in [7, 11) is -3.48. The molecule has 0 amide bonds. The van der Waals surface area contributed by atoms with Gasteiger partial charge in [0.05, 0.1) is 5.69 Å². The molecule has 0 aromatic carbocycles. The van der Waals surface area contributed by atoms with E-state index in [0.717, 1.165) is 42.9 Å². The lowest BCUT2D eigenvalue weighted by Crippen LogP contribution is -2.37. The number of hydrogen-bond donors (Lipinski definition) is 1. The average Bonchev–Trinajstić information content (AvgIpc) is 2.72. The van der Waals surface area contributed by atoms with Gasteiger partial charge in [-0.15, -0.1) is 0 Å². The minimum Gasteiger partial charge on any atom is -0.229 e. The van der Waals surface area contributed by atoms with E-state index in [1.54, 1.807) is 6.92 Å². The highest BCUT2D eigenvalue weighted by molar-refractivity contribution is 7.91. The summed E-state index contributed by atoms with van der Waals surface area (Å²) in [6.45, 7) is 3.88. The number of nitrogens with zero attached hydrogens (tertiary/aromatic N) is 1. The van der Waals surface area contributed by atoms with E-state index >= 15 is 0 Å². The molecule has 1 aromatic heterocycles. The third-order valence-corrected chi connectivity index (χ3v) is 7.23. The van der Waals surface area contributed by atoms with Gasteiger partial charge in [0.2, 0.25) is 0 Å². The fourth-order valence-electron chi connectivity index (χ4n) is 2.85. The first-order valence-electron chi connectivity index (χ1n) is 7.07. The van der Waals surface area contributed by atoms with E-state index in [9.17, 15) is 8.42 Å². The fraction of sp³-hybridized carbons (Fsp3) is 0.769. The maximum atomic E-state index is 12.3. The maximum Gasteiger partial charge on any atom is 0.252 e. The van der Waals surface area contributed by atoms with Gasteiger partial charge in [0.15, 0.2) is 8.68 Å².